The van der Waals surface area contributed by atoms with Crippen molar-refractivity contribution >= 4 is 29.0 Å². The number of rotatable bonds is 4. The average molecular weight is 348 g/mol. The number of thiophene rings is 1. The van der Waals surface area contributed by atoms with Crippen molar-refractivity contribution < 1.29 is 18.8 Å². The van der Waals surface area contributed by atoms with Crippen molar-refractivity contribution in [3.05, 3.63) is 33.2 Å². The number of carbonyl (C=O) groups is 2. The Bertz CT molecular complexity index is 764. The summed E-state index contributed by atoms with van der Waals surface area (Å²) in [6, 6.07) is 3.50. The van der Waals surface area contributed by atoms with Crippen molar-refractivity contribution in [1.82, 2.24) is 5.16 Å². The van der Waals surface area contributed by atoms with Crippen molar-refractivity contribution in [2.45, 2.75) is 46.1 Å². The zero-order valence-electron chi connectivity index (χ0n) is 13.9. The predicted octanol–water partition coefficient (Wildman–Crippen LogP) is 3.35. The molecule has 128 valence electrons. The van der Waals surface area contributed by atoms with E-state index in [9.17, 15) is 9.59 Å². The third-order valence-electron chi connectivity index (χ3n) is 4.06. The van der Waals surface area contributed by atoms with Gasteiger partial charge in [-0.1, -0.05) is 12.1 Å². The fraction of sp³-hybridized carbons (Fsp3) is 0.471. The Morgan fingerprint density at radius 3 is 2.96 bits per heavy atom. The number of carbonyl (C=O) groups excluding carboxylic acids is 2. The van der Waals surface area contributed by atoms with Crippen LogP contribution in [0.15, 0.2) is 16.7 Å². The third kappa shape index (κ3) is 3.67. The quantitative estimate of drug-likeness (QED) is 0.857. The highest BCUT2D eigenvalue weighted by atomic mass is 32.1. The number of nitrogens with one attached hydrogen (secondary N) is 1. The van der Waals surface area contributed by atoms with Gasteiger partial charge in [0.1, 0.15) is 10.6 Å². The standard InChI is InChI=1S/C17H20N2O4S/c1-9-4-5-13-12(6-9)8-14(24-13)17(21)22-11(3)16(20)18-15-7-10(2)23-19-15/h7-9,11H,4-6H2,1-3H3,(H,18,19,20)/t9-,11+/m0/s1. The number of anilines is 1. The number of nitrogens with zero attached hydrogens (tertiary/aromatic N) is 1. The molecule has 1 N–H and O–H groups in total. The van der Waals surface area contributed by atoms with E-state index in [-0.39, 0.29) is 0 Å². The number of hydrogen-bond donors (Lipinski definition) is 1. The van der Waals surface area contributed by atoms with E-state index in [4.69, 9.17) is 9.26 Å². The summed E-state index contributed by atoms with van der Waals surface area (Å²) >= 11 is 1.47. The number of ether oxygens (including phenoxy) is 1. The molecule has 2 aromatic rings. The minimum atomic E-state index is -0.910. The topological polar surface area (TPSA) is 81.4 Å². The van der Waals surface area contributed by atoms with Gasteiger partial charge >= 0.3 is 5.97 Å². The largest absolute Gasteiger partial charge is 0.448 e. The maximum atomic E-state index is 12.3. The first kappa shape index (κ1) is 16.7. The van der Waals surface area contributed by atoms with Crippen molar-refractivity contribution in [3.8, 4) is 0 Å². The van der Waals surface area contributed by atoms with Crippen molar-refractivity contribution in [2.75, 3.05) is 5.32 Å². The average Bonchev–Trinajstić information content (AvgIpc) is 3.12. The first-order valence-electron chi connectivity index (χ1n) is 7.99. The minimum absolute atomic E-state index is 0.306. The smallest absolute Gasteiger partial charge is 0.349 e. The van der Waals surface area contributed by atoms with Crippen molar-refractivity contribution in [2.24, 2.45) is 5.92 Å². The lowest BCUT2D eigenvalue weighted by atomic mass is 9.90. The summed E-state index contributed by atoms with van der Waals surface area (Å²) in [4.78, 5) is 26.2. The first-order chi connectivity index (χ1) is 11.4. The molecule has 6 nitrogen and oxygen atoms in total. The molecule has 0 spiro atoms. The predicted molar refractivity (Wildman–Crippen MR) is 90.3 cm³/mol. The number of hydrogen-bond acceptors (Lipinski definition) is 6. The van der Waals surface area contributed by atoms with Crippen molar-refractivity contribution in [1.29, 1.82) is 0 Å². The zero-order valence-corrected chi connectivity index (χ0v) is 14.7. The lowest BCUT2D eigenvalue weighted by Crippen LogP contribution is -2.29. The molecule has 0 unspecified atom stereocenters. The Labute approximate surface area is 144 Å². The Hall–Kier alpha value is -2.15. The summed E-state index contributed by atoms with van der Waals surface area (Å²) in [7, 11) is 0. The highest BCUT2D eigenvalue weighted by molar-refractivity contribution is 7.14. The summed E-state index contributed by atoms with van der Waals surface area (Å²) in [5, 5.41) is 6.24. The van der Waals surface area contributed by atoms with Crippen LogP contribution >= 0.6 is 11.3 Å². The Balaban J connectivity index is 1.60. The van der Waals surface area contributed by atoms with Gasteiger partial charge in [-0.25, -0.2) is 4.79 Å². The van der Waals surface area contributed by atoms with Crippen molar-refractivity contribution in [3.63, 3.8) is 0 Å². The van der Waals surface area contributed by atoms with Crippen LogP contribution < -0.4 is 5.32 Å². The van der Waals surface area contributed by atoms with Crippen LogP contribution in [-0.4, -0.2) is 23.1 Å². The van der Waals surface area contributed by atoms with Gasteiger partial charge in [-0.2, -0.15) is 0 Å². The molecular weight excluding hydrogens is 328 g/mol. The number of aryl methyl sites for hydroxylation is 2. The third-order valence-corrected chi connectivity index (χ3v) is 5.28. The van der Waals surface area contributed by atoms with Gasteiger partial charge in [0.15, 0.2) is 11.9 Å². The van der Waals surface area contributed by atoms with E-state index < -0.39 is 18.0 Å². The molecule has 2 heterocycles. The molecule has 0 bridgehead atoms. The monoisotopic (exact) mass is 348 g/mol. The van der Waals surface area contributed by atoms with Crippen LogP contribution in [0.5, 0.6) is 0 Å². The van der Waals surface area contributed by atoms with Gasteiger partial charge in [-0.3, -0.25) is 4.79 Å². The van der Waals surface area contributed by atoms with Gasteiger partial charge in [-0.15, -0.1) is 11.3 Å². The van der Waals surface area contributed by atoms with Crippen LogP contribution in [0.3, 0.4) is 0 Å². The molecule has 24 heavy (non-hydrogen) atoms. The number of esters is 1. The Morgan fingerprint density at radius 1 is 1.46 bits per heavy atom. The molecule has 2 aromatic heterocycles. The lowest BCUT2D eigenvalue weighted by molar-refractivity contribution is -0.123. The number of aromatic nitrogens is 1. The van der Waals surface area contributed by atoms with Gasteiger partial charge < -0.3 is 14.6 Å². The lowest BCUT2D eigenvalue weighted by Gasteiger charge is -2.16. The number of fused-ring (bicyclic) bond motifs is 1. The summed E-state index contributed by atoms with van der Waals surface area (Å²) in [6.07, 6.45) is 2.25. The van der Waals surface area contributed by atoms with Gasteiger partial charge in [0.2, 0.25) is 0 Å². The van der Waals surface area contributed by atoms with Gasteiger partial charge in [0, 0.05) is 10.9 Å². The highest BCUT2D eigenvalue weighted by Gasteiger charge is 2.24. The Morgan fingerprint density at radius 2 is 2.25 bits per heavy atom. The zero-order chi connectivity index (χ0) is 17.3. The van der Waals surface area contributed by atoms with E-state index in [1.165, 1.54) is 28.7 Å². The molecule has 1 aliphatic rings. The summed E-state index contributed by atoms with van der Waals surface area (Å²) in [5.74, 6) is 0.647. The highest BCUT2D eigenvalue weighted by Crippen LogP contribution is 2.32. The second-order valence-corrected chi connectivity index (χ2v) is 7.40. The van der Waals surface area contributed by atoms with Crippen LogP contribution in [0.25, 0.3) is 0 Å². The molecule has 0 aromatic carbocycles. The maximum absolute atomic E-state index is 12.3. The van der Waals surface area contributed by atoms with Gasteiger partial charge in [0.05, 0.1) is 0 Å². The maximum Gasteiger partial charge on any atom is 0.349 e. The molecule has 0 fully saturated rings. The van der Waals surface area contributed by atoms with E-state index in [0.717, 1.165) is 19.3 Å². The first-order valence-corrected chi connectivity index (χ1v) is 8.80. The van der Waals surface area contributed by atoms with Crippen LogP contribution in [0.4, 0.5) is 5.82 Å². The van der Waals surface area contributed by atoms with Gasteiger partial charge in [-0.05, 0) is 50.7 Å². The molecule has 0 aliphatic heterocycles. The normalized spacial score (nSPS) is 17.9. The van der Waals surface area contributed by atoms with E-state index in [1.54, 1.807) is 13.0 Å². The summed E-state index contributed by atoms with van der Waals surface area (Å²) in [5.41, 5.74) is 1.24. The molecule has 0 saturated heterocycles. The molecule has 0 saturated carbocycles. The van der Waals surface area contributed by atoms with E-state index >= 15 is 0 Å². The van der Waals surface area contributed by atoms with Crippen LogP contribution in [0.1, 0.15) is 46.1 Å². The second-order valence-electron chi connectivity index (χ2n) is 6.27. The van der Waals surface area contributed by atoms with E-state index in [0.29, 0.717) is 22.4 Å². The SMILES string of the molecule is Cc1cc(NC(=O)[C@@H](C)OC(=O)c2cc3c(s2)CC[C@H](C)C3)no1. The molecular formula is C17H20N2O4S. The summed E-state index contributed by atoms with van der Waals surface area (Å²) in [6.45, 7) is 5.48. The second kappa shape index (κ2) is 6.76. The fourth-order valence-electron chi connectivity index (χ4n) is 2.73. The van der Waals surface area contributed by atoms with Gasteiger partial charge in [0.25, 0.3) is 5.91 Å². The molecule has 0 radical (unpaired) electrons. The van der Waals surface area contributed by atoms with E-state index in [1.807, 2.05) is 6.07 Å². The minimum Gasteiger partial charge on any atom is -0.448 e. The van der Waals surface area contributed by atoms with Crippen LogP contribution in [0, 0.1) is 12.8 Å². The molecule has 7 heteroatoms. The molecule has 2 atom stereocenters. The van der Waals surface area contributed by atoms with E-state index in [2.05, 4.69) is 17.4 Å². The van der Waals surface area contributed by atoms with Crippen LogP contribution in [-0.2, 0) is 22.4 Å². The fourth-order valence-corrected chi connectivity index (χ4v) is 3.82. The molecule has 1 amide bonds. The number of amides is 1. The summed E-state index contributed by atoms with van der Waals surface area (Å²) < 4.78 is 10.2. The Kier molecular flexibility index (Phi) is 4.71. The molecule has 1 aliphatic carbocycles. The van der Waals surface area contributed by atoms with Crippen LogP contribution in [0.2, 0.25) is 0 Å². The molecule has 3 rings (SSSR count).